The fourth-order valence-corrected chi connectivity index (χ4v) is 2.91. The monoisotopic (exact) mass is 211 g/mol. The molecule has 1 atom stereocenters. The predicted octanol–water partition coefficient (Wildman–Crippen LogP) is 1.66. The number of hydrogen-bond acceptors (Lipinski definition) is 3. The Bertz CT molecular complexity index is 217. The molecule has 0 aliphatic heterocycles. The normalized spacial score (nSPS) is 22.7. The molecule has 0 radical (unpaired) electrons. The molecule has 3 nitrogen and oxygen atoms in total. The van der Waals surface area contributed by atoms with Gasteiger partial charge in [0.05, 0.1) is 6.04 Å². The van der Waals surface area contributed by atoms with Crippen LogP contribution < -0.4 is 11.3 Å². The molecule has 0 heterocycles. The average molecular weight is 211 g/mol. The third kappa shape index (κ3) is 2.41. The summed E-state index contributed by atoms with van der Waals surface area (Å²) in [4.78, 5) is 2.32. The molecule has 0 bridgehead atoms. The number of nitrogens with two attached hydrogens (primary N) is 1. The van der Waals surface area contributed by atoms with Crippen LogP contribution in [0.15, 0.2) is 12.2 Å². The van der Waals surface area contributed by atoms with Gasteiger partial charge in [0.1, 0.15) is 0 Å². The van der Waals surface area contributed by atoms with Gasteiger partial charge in [0.15, 0.2) is 0 Å². The van der Waals surface area contributed by atoms with Gasteiger partial charge >= 0.3 is 0 Å². The van der Waals surface area contributed by atoms with Crippen molar-refractivity contribution in [3.05, 3.63) is 12.2 Å². The van der Waals surface area contributed by atoms with Gasteiger partial charge in [0.25, 0.3) is 0 Å². The maximum absolute atomic E-state index is 5.69. The van der Waals surface area contributed by atoms with Crippen molar-refractivity contribution in [2.24, 2.45) is 5.84 Å². The second-order valence-electron chi connectivity index (χ2n) is 5.00. The lowest BCUT2D eigenvalue weighted by Gasteiger charge is -2.48. The second kappa shape index (κ2) is 5.10. The van der Waals surface area contributed by atoms with Gasteiger partial charge in [-0.05, 0) is 33.9 Å². The van der Waals surface area contributed by atoms with Crippen molar-refractivity contribution in [3.63, 3.8) is 0 Å². The summed E-state index contributed by atoms with van der Waals surface area (Å²) < 4.78 is 0. The van der Waals surface area contributed by atoms with Crippen LogP contribution in [0.1, 0.15) is 39.0 Å². The van der Waals surface area contributed by atoms with Crippen molar-refractivity contribution in [3.8, 4) is 0 Å². The smallest absolute Gasteiger partial charge is 0.0598 e. The number of nitrogens with one attached hydrogen (secondary N) is 1. The summed E-state index contributed by atoms with van der Waals surface area (Å²) in [5.41, 5.74) is 4.25. The van der Waals surface area contributed by atoms with Crippen LogP contribution >= 0.6 is 0 Å². The molecule has 3 heteroatoms. The molecule has 0 amide bonds. The van der Waals surface area contributed by atoms with Gasteiger partial charge in [0, 0.05) is 5.54 Å². The van der Waals surface area contributed by atoms with E-state index in [4.69, 9.17) is 5.84 Å². The minimum Gasteiger partial charge on any atom is -0.302 e. The van der Waals surface area contributed by atoms with Crippen LogP contribution in [-0.2, 0) is 0 Å². The van der Waals surface area contributed by atoms with E-state index in [0.29, 0.717) is 0 Å². The highest BCUT2D eigenvalue weighted by atomic mass is 15.3. The largest absolute Gasteiger partial charge is 0.302 e. The van der Waals surface area contributed by atoms with Gasteiger partial charge in [-0.2, -0.15) is 0 Å². The lowest BCUT2D eigenvalue weighted by Crippen LogP contribution is -2.61. The molecule has 1 fully saturated rings. The van der Waals surface area contributed by atoms with E-state index in [0.717, 1.165) is 5.57 Å². The van der Waals surface area contributed by atoms with Crippen molar-refractivity contribution in [1.29, 1.82) is 0 Å². The molecule has 1 aliphatic rings. The minimum absolute atomic E-state index is 0.166. The predicted molar refractivity (Wildman–Crippen MR) is 65.4 cm³/mol. The lowest BCUT2D eigenvalue weighted by molar-refractivity contribution is 0.0700. The van der Waals surface area contributed by atoms with Crippen LogP contribution in [0.25, 0.3) is 0 Å². The fourth-order valence-electron chi connectivity index (χ4n) is 2.91. The lowest BCUT2D eigenvalue weighted by atomic mass is 9.73. The van der Waals surface area contributed by atoms with Crippen LogP contribution in [0.3, 0.4) is 0 Å². The van der Waals surface area contributed by atoms with E-state index in [1.54, 1.807) is 0 Å². The Morgan fingerprint density at radius 3 is 2.20 bits per heavy atom. The Morgan fingerprint density at radius 1 is 1.33 bits per heavy atom. The maximum Gasteiger partial charge on any atom is 0.0598 e. The van der Waals surface area contributed by atoms with Gasteiger partial charge in [0.2, 0.25) is 0 Å². The number of hydrogen-bond donors (Lipinski definition) is 2. The molecule has 0 aromatic heterocycles. The van der Waals surface area contributed by atoms with Gasteiger partial charge in [-0.25, -0.2) is 0 Å². The highest BCUT2D eigenvalue weighted by molar-refractivity contribution is 5.14. The third-order valence-electron chi connectivity index (χ3n) is 3.81. The van der Waals surface area contributed by atoms with Crippen molar-refractivity contribution >= 4 is 0 Å². The molecule has 0 saturated heterocycles. The van der Waals surface area contributed by atoms with Crippen molar-refractivity contribution < 1.29 is 0 Å². The fraction of sp³-hybridized carbons (Fsp3) is 0.833. The molecule has 3 N–H and O–H groups in total. The number of rotatable bonds is 4. The van der Waals surface area contributed by atoms with E-state index in [1.165, 1.54) is 32.1 Å². The third-order valence-corrected chi connectivity index (χ3v) is 3.81. The first-order chi connectivity index (χ1) is 7.04. The summed E-state index contributed by atoms with van der Waals surface area (Å²) in [6.07, 6.45) is 6.36. The Labute approximate surface area is 93.7 Å². The van der Waals surface area contributed by atoms with Gasteiger partial charge < -0.3 is 4.90 Å². The molecule has 1 aliphatic carbocycles. The average Bonchev–Trinajstić information content (AvgIpc) is 2.19. The van der Waals surface area contributed by atoms with Crippen LogP contribution in [0.4, 0.5) is 0 Å². The Morgan fingerprint density at radius 2 is 1.87 bits per heavy atom. The molecule has 1 unspecified atom stereocenters. The summed E-state index contributed by atoms with van der Waals surface area (Å²) in [5, 5.41) is 0. The van der Waals surface area contributed by atoms with Gasteiger partial charge in [-0.15, -0.1) is 0 Å². The summed E-state index contributed by atoms with van der Waals surface area (Å²) in [6.45, 7) is 6.12. The van der Waals surface area contributed by atoms with Crippen LogP contribution in [-0.4, -0.2) is 30.6 Å². The summed E-state index contributed by atoms with van der Waals surface area (Å²) in [6, 6.07) is 0.202. The highest BCUT2D eigenvalue weighted by Crippen LogP contribution is 2.36. The van der Waals surface area contributed by atoms with Crippen molar-refractivity contribution in [1.82, 2.24) is 10.3 Å². The maximum atomic E-state index is 5.69. The first-order valence-corrected chi connectivity index (χ1v) is 5.83. The molecule has 15 heavy (non-hydrogen) atoms. The van der Waals surface area contributed by atoms with Gasteiger partial charge in [-0.3, -0.25) is 11.3 Å². The molecular weight excluding hydrogens is 186 g/mol. The van der Waals surface area contributed by atoms with Crippen LogP contribution in [0.5, 0.6) is 0 Å². The van der Waals surface area contributed by atoms with E-state index < -0.39 is 0 Å². The zero-order chi connectivity index (χ0) is 11.5. The zero-order valence-electron chi connectivity index (χ0n) is 10.3. The van der Waals surface area contributed by atoms with E-state index >= 15 is 0 Å². The number of likely N-dealkylation sites (N-methyl/N-ethyl adjacent to an activating group) is 1. The van der Waals surface area contributed by atoms with Crippen LogP contribution in [0.2, 0.25) is 0 Å². The zero-order valence-corrected chi connectivity index (χ0v) is 10.3. The Balaban J connectivity index is 2.92. The molecule has 1 rings (SSSR count). The van der Waals surface area contributed by atoms with Crippen LogP contribution in [0, 0.1) is 0 Å². The van der Waals surface area contributed by atoms with E-state index in [-0.39, 0.29) is 11.6 Å². The Kier molecular flexibility index (Phi) is 4.32. The number of hydrazine groups is 1. The number of nitrogens with zero attached hydrogens (tertiary/aromatic N) is 1. The van der Waals surface area contributed by atoms with E-state index in [9.17, 15) is 0 Å². The minimum atomic E-state index is 0.166. The van der Waals surface area contributed by atoms with Crippen molar-refractivity contribution in [2.75, 3.05) is 14.1 Å². The quantitative estimate of drug-likeness (QED) is 0.422. The van der Waals surface area contributed by atoms with E-state index in [2.05, 4.69) is 37.9 Å². The second-order valence-corrected chi connectivity index (χ2v) is 5.00. The molecule has 0 spiro atoms. The van der Waals surface area contributed by atoms with Crippen molar-refractivity contribution in [2.45, 2.75) is 50.6 Å². The molecule has 1 saturated carbocycles. The molecule has 0 aromatic rings. The topological polar surface area (TPSA) is 41.3 Å². The van der Waals surface area contributed by atoms with E-state index in [1.807, 2.05) is 0 Å². The molecule has 0 aromatic carbocycles. The Hall–Kier alpha value is -0.380. The highest BCUT2D eigenvalue weighted by Gasteiger charge is 2.41. The SMILES string of the molecule is C=C(C)C(NN)C1(N(C)C)CCCCC1. The standard InChI is InChI=1S/C12H25N3/c1-10(2)11(14-13)12(15(3)4)8-6-5-7-9-12/h11,14H,1,5-9,13H2,2-4H3. The first kappa shape index (κ1) is 12.7. The summed E-state index contributed by atoms with van der Waals surface area (Å²) in [5.74, 6) is 5.69. The molecular formula is C12H25N3. The van der Waals surface area contributed by atoms with Gasteiger partial charge in [-0.1, -0.05) is 31.4 Å². The summed E-state index contributed by atoms with van der Waals surface area (Å²) >= 11 is 0. The first-order valence-electron chi connectivity index (χ1n) is 5.83. The summed E-state index contributed by atoms with van der Waals surface area (Å²) in [7, 11) is 4.30. The molecule has 88 valence electrons.